The number of hydrogen-bond donors (Lipinski definition) is 1. The minimum Gasteiger partial charge on any atom is -0.326 e. The Morgan fingerprint density at radius 2 is 1.85 bits per heavy atom. The Kier molecular flexibility index (Phi) is 4.94. The van der Waals surface area contributed by atoms with Crippen molar-refractivity contribution in [3.05, 3.63) is 60.4 Å². The standard InChI is InChI=1S/C20H18FN3O2S/c21-13-6-8-15(9-7-13)22-18(25)12-17-19(26)24(16-10-11-16)20(27-17)23-14-4-2-1-3-5-14/h1-9,16-17H,10-12H2,(H,22,25)/t17-/m1/s1. The molecule has 138 valence electrons. The minimum absolute atomic E-state index is 0.0535. The molecule has 7 heteroatoms. The molecule has 0 spiro atoms. The van der Waals surface area contributed by atoms with Crippen LogP contribution in [0.15, 0.2) is 59.6 Å². The summed E-state index contributed by atoms with van der Waals surface area (Å²) < 4.78 is 13.0. The number of amides is 2. The van der Waals surface area contributed by atoms with Crippen LogP contribution in [-0.4, -0.2) is 33.2 Å². The number of para-hydroxylation sites is 1. The van der Waals surface area contributed by atoms with Gasteiger partial charge in [0.15, 0.2) is 5.17 Å². The Balaban J connectivity index is 1.47. The van der Waals surface area contributed by atoms with E-state index in [1.165, 1.54) is 36.0 Å². The normalized spacial score (nSPS) is 20.9. The number of anilines is 1. The van der Waals surface area contributed by atoms with E-state index in [4.69, 9.17) is 0 Å². The van der Waals surface area contributed by atoms with Crippen LogP contribution in [0.25, 0.3) is 0 Å². The molecule has 1 atom stereocenters. The molecule has 1 saturated heterocycles. The molecule has 1 heterocycles. The largest absolute Gasteiger partial charge is 0.326 e. The maximum absolute atomic E-state index is 13.0. The van der Waals surface area contributed by atoms with Gasteiger partial charge in [-0.2, -0.15) is 0 Å². The van der Waals surface area contributed by atoms with Gasteiger partial charge in [-0.05, 0) is 49.2 Å². The van der Waals surface area contributed by atoms with Crippen molar-refractivity contribution < 1.29 is 14.0 Å². The first-order valence-corrected chi connectivity index (χ1v) is 9.67. The topological polar surface area (TPSA) is 61.8 Å². The van der Waals surface area contributed by atoms with Crippen molar-refractivity contribution >= 4 is 40.1 Å². The summed E-state index contributed by atoms with van der Waals surface area (Å²) in [5.74, 6) is -0.702. The number of rotatable bonds is 5. The zero-order valence-electron chi connectivity index (χ0n) is 14.5. The average Bonchev–Trinajstić information content (AvgIpc) is 3.44. The van der Waals surface area contributed by atoms with Gasteiger partial charge in [0, 0.05) is 18.2 Å². The van der Waals surface area contributed by atoms with Gasteiger partial charge in [-0.1, -0.05) is 30.0 Å². The summed E-state index contributed by atoms with van der Waals surface area (Å²) in [5, 5.41) is 2.88. The van der Waals surface area contributed by atoms with E-state index in [-0.39, 0.29) is 30.1 Å². The van der Waals surface area contributed by atoms with E-state index in [1.807, 2.05) is 30.3 Å². The van der Waals surface area contributed by atoms with Crippen LogP contribution >= 0.6 is 11.8 Å². The summed E-state index contributed by atoms with van der Waals surface area (Å²) in [4.78, 5) is 31.5. The molecular formula is C20H18FN3O2S. The van der Waals surface area contributed by atoms with Gasteiger partial charge >= 0.3 is 0 Å². The number of nitrogens with zero attached hydrogens (tertiary/aromatic N) is 2. The number of benzene rings is 2. The van der Waals surface area contributed by atoms with Crippen molar-refractivity contribution in [1.82, 2.24) is 4.90 Å². The molecule has 27 heavy (non-hydrogen) atoms. The molecule has 1 saturated carbocycles. The highest BCUT2D eigenvalue weighted by Gasteiger charge is 2.46. The first kappa shape index (κ1) is 17.7. The van der Waals surface area contributed by atoms with E-state index in [0.29, 0.717) is 10.9 Å². The van der Waals surface area contributed by atoms with E-state index in [2.05, 4.69) is 10.3 Å². The number of thioether (sulfide) groups is 1. The van der Waals surface area contributed by atoms with Gasteiger partial charge in [0.25, 0.3) is 0 Å². The molecule has 4 rings (SSSR count). The molecule has 1 aliphatic carbocycles. The number of carbonyl (C=O) groups excluding carboxylic acids is 2. The zero-order valence-corrected chi connectivity index (χ0v) is 15.3. The molecular weight excluding hydrogens is 365 g/mol. The van der Waals surface area contributed by atoms with Crippen LogP contribution < -0.4 is 5.32 Å². The summed E-state index contributed by atoms with van der Waals surface area (Å²) in [6.45, 7) is 0. The number of amidine groups is 1. The highest BCUT2D eigenvalue weighted by Crippen LogP contribution is 2.39. The maximum atomic E-state index is 13.0. The Morgan fingerprint density at radius 3 is 2.52 bits per heavy atom. The third-order valence-electron chi connectivity index (χ3n) is 4.36. The number of nitrogens with one attached hydrogen (secondary N) is 1. The number of carbonyl (C=O) groups is 2. The van der Waals surface area contributed by atoms with Gasteiger partial charge in [-0.15, -0.1) is 0 Å². The highest BCUT2D eigenvalue weighted by molar-refractivity contribution is 8.15. The molecule has 2 aromatic carbocycles. The summed E-state index contributed by atoms with van der Waals surface area (Å²) >= 11 is 1.34. The predicted octanol–water partition coefficient (Wildman–Crippen LogP) is 3.95. The van der Waals surface area contributed by atoms with E-state index in [9.17, 15) is 14.0 Å². The van der Waals surface area contributed by atoms with E-state index < -0.39 is 5.25 Å². The minimum atomic E-state index is -0.492. The molecule has 1 aliphatic heterocycles. The molecule has 0 unspecified atom stereocenters. The Morgan fingerprint density at radius 1 is 1.15 bits per heavy atom. The molecule has 2 amide bonds. The van der Waals surface area contributed by atoms with Crippen molar-refractivity contribution in [1.29, 1.82) is 0 Å². The monoisotopic (exact) mass is 383 g/mol. The fourth-order valence-corrected chi connectivity index (χ4v) is 4.10. The van der Waals surface area contributed by atoms with Gasteiger partial charge < -0.3 is 5.32 Å². The lowest BCUT2D eigenvalue weighted by Gasteiger charge is -2.15. The Bertz CT molecular complexity index is 882. The van der Waals surface area contributed by atoms with Gasteiger partial charge in [0.05, 0.1) is 5.69 Å². The fraction of sp³-hybridized carbons (Fsp3) is 0.250. The van der Waals surface area contributed by atoms with Crippen molar-refractivity contribution in [2.75, 3.05) is 5.32 Å². The molecule has 0 bridgehead atoms. The van der Waals surface area contributed by atoms with Crippen LogP contribution in [-0.2, 0) is 9.59 Å². The van der Waals surface area contributed by atoms with Crippen LogP contribution in [0.4, 0.5) is 15.8 Å². The van der Waals surface area contributed by atoms with E-state index in [0.717, 1.165) is 18.5 Å². The SMILES string of the molecule is O=C(C[C@H]1SC(=Nc2ccccc2)N(C2CC2)C1=O)Nc1ccc(F)cc1. The van der Waals surface area contributed by atoms with Crippen molar-refractivity contribution in [2.45, 2.75) is 30.6 Å². The number of hydrogen-bond acceptors (Lipinski definition) is 4. The second-order valence-electron chi connectivity index (χ2n) is 6.54. The number of halogens is 1. The fourth-order valence-electron chi connectivity index (χ4n) is 2.89. The van der Waals surface area contributed by atoms with Crippen LogP contribution in [0.5, 0.6) is 0 Å². The van der Waals surface area contributed by atoms with Gasteiger partial charge in [-0.25, -0.2) is 9.38 Å². The first-order chi connectivity index (χ1) is 13.1. The first-order valence-electron chi connectivity index (χ1n) is 8.79. The van der Waals surface area contributed by atoms with Crippen LogP contribution in [0.1, 0.15) is 19.3 Å². The molecule has 0 aromatic heterocycles. The zero-order chi connectivity index (χ0) is 18.8. The predicted molar refractivity (Wildman–Crippen MR) is 104 cm³/mol. The third-order valence-corrected chi connectivity index (χ3v) is 5.51. The van der Waals surface area contributed by atoms with Crippen LogP contribution in [0.3, 0.4) is 0 Å². The molecule has 2 aromatic rings. The highest BCUT2D eigenvalue weighted by atomic mass is 32.2. The van der Waals surface area contributed by atoms with Crippen molar-refractivity contribution in [3.8, 4) is 0 Å². The summed E-state index contributed by atoms with van der Waals surface area (Å²) in [6.07, 6.45) is 1.99. The number of aliphatic imine (C=N–C) groups is 1. The molecule has 2 aliphatic rings. The lowest BCUT2D eigenvalue weighted by Crippen LogP contribution is -2.35. The summed E-state index contributed by atoms with van der Waals surface area (Å²) in [6, 6.07) is 15.2. The lowest BCUT2D eigenvalue weighted by atomic mass is 10.2. The summed E-state index contributed by atoms with van der Waals surface area (Å²) in [5.41, 5.74) is 1.30. The van der Waals surface area contributed by atoms with Crippen molar-refractivity contribution in [2.24, 2.45) is 4.99 Å². The van der Waals surface area contributed by atoms with Gasteiger partial charge in [0.1, 0.15) is 11.1 Å². The summed E-state index contributed by atoms with van der Waals surface area (Å²) in [7, 11) is 0. The second kappa shape index (κ2) is 7.52. The van der Waals surface area contributed by atoms with E-state index >= 15 is 0 Å². The third kappa shape index (κ3) is 4.19. The Hall–Kier alpha value is -2.67. The van der Waals surface area contributed by atoms with Crippen LogP contribution in [0.2, 0.25) is 0 Å². The average molecular weight is 383 g/mol. The lowest BCUT2D eigenvalue weighted by molar-refractivity contribution is -0.128. The van der Waals surface area contributed by atoms with Gasteiger partial charge in [0.2, 0.25) is 11.8 Å². The molecule has 5 nitrogen and oxygen atoms in total. The maximum Gasteiger partial charge on any atom is 0.242 e. The Labute approximate surface area is 160 Å². The quantitative estimate of drug-likeness (QED) is 0.850. The molecule has 1 N–H and O–H groups in total. The smallest absolute Gasteiger partial charge is 0.242 e. The molecule has 2 fully saturated rings. The van der Waals surface area contributed by atoms with E-state index in [1.54, 1.807) is 4.90 Å². The van der Waals surface area contributed by atoms with Crippen molar-refractivity contribution in [3.63, 3.8) is 0 Å². The second-order valence-corrected chi connectivity index (χ2v) is 7.70. The van der Waals surface area contributed by atoms with Crippen LogP contribution in [0, 0.1) is 5.82 Å². The molecule has 0 radical (unpaired) electrons. The van der Waals surface area contributed by atoms with Gasteiger partial charge in [-0.3, -0.25) is 14.5 Å².